The van der Waals surface area contributed by atoms with Gasteiger partial charge in [0.1, 0.15) is 5.54 Å². The van der Waals surface area contributed by atoms with E-state index in [4.69, 9.17) is 4.74 Å². The molecule has 7 nitrogen and oxygen atoms in total. The van der Waals surface area contributed by atoms with E-state index in [0.29, 0.717) is 51.5 Å². The number of nitrogens with zero attached hydrogens (tertiary/aromatic N) is 2. The first kappa shape index (κ1) is 19.5. The number of carbonyl (C=O) groups excluding carboxylic acids is 2. The molecule has 2 fully saturated rings. The lowest BCUT2D eigenvalue weighted by Gasteiger charge is -2.37. The number of piperidine rings is 1. The van der Waals surface area contributed by atoms with Crippen LogP contribution in [-0.4, -0.2) is 54.7 Å². The average Bonchev–Trinajstić information content (AvgIpc) is 2.63. The van der Waals surface area contributed by atoms with Gasteiger partial charge in [-0.2, -0.15) is 5.26 Å². The molecular weight excluding hydrogens is 320 g/mol. The van der Waals surface area contributed by atoms with Crippen molar-refractivity contribution >= 4 is 12.0 Å². The van der Waals surface area contributed by atoms with Gasteiger partial charge in [0.05, 0.1) is 12.7 Å². The second-order valence-electron chi connectivity index (χ2n) is 6.97. The second-order valence-corrected chi connectivity index (χ2v) is 6.97. The summed E-state index contributed by atoms with van der Waals surface area (Å²) in [6.45, 7) is 3.60. The van der Waals surface area contributed by atoms with Gasteiger partial charge in [0.2, 0.25) is 5.91 Å². The van der Waals surface area contributed by atoms with E-state index in [1.165, 1.54) is 32.1 Å². The Morgan fingerprint density at radius 2 is 1.92 bits per heavy atom. The summed E-state index contributed by atoms with van der Waals surface area (Å²) in [7, 11) is 0. The zero-order valence-corrected chi connectivity index (χ0v) is 15.2. The normalized spacial score (nSPS) is 20.6. The summed E-state index contributed by atoms with van der Waals surface area (Å²) in [5, 5.41) is 15.9. The number of nitriles is 1. The maximum atomic E-state index is 12.2. The molecule has 1 saturated heterocycles. The Bertz CT molecular complexity index is 489. The number of hydrogen-bond donors (Lipinski definition) is 2. The van der Waals surface area contributed by atoms with E-state index in [-0.39, 0.29) is 12.0 Å². The third kappa shape index (κ3) is 5.89. The first-order chi connectivity index (χ1) is 12.1. The maximum Gasteiger partial charge on any atom is 0.409 e. The lowest BCUT2D eigenvalue weighted by atomic mass is 9.89. The summed E-state index contributed by atoms with van der Waals surface area (Å²) in [5.74, 6) is -0.102. The Morgan fingerprint density at radius 3 is 2.52 bits per heavy atom. The lowest BCUT2D eigenvalue weighted by molar-refractivity contribution is -0.122. The van der Waals surface area contributed by atoms with Crippen molar-refractivity contribution in [2.24, 2.45) is 0 Å². The number of rotatable bonds is 6. The lowest BCUT2D eigenvalue weighted by Crippen LogP contribution is -2.55. The molecule has 1 saturated carbocycles. The molecule has 1 heterocycles. The van der Waals surface area contributed by atoms with Crippen molar-refractivity contribution < 1.29 is 14.3 Å². The van der Waals surface area contributed by atoms with E-state index in [1.54, 1.807) is 11.8 Å². The van der Waals surface area contributed by atoms with Gasteiger partial charge < -0.3 is 20.3 Å². The Kier molecular flexibility index (Phi) is 7.51. The van der Waals surface area contributed by atoms with Gasteiger partial charge in [-0.05, 0) is 19.8 Å². The van der Waals surface area contributed by atoms with Crippen LogP contribution in [0.15, 0.2) is 0 Å². The smallest absolute Gasteiger partial charge is 0.409 e. The molecular formula is C18H30N4O3. The number of hydrogen-bond acceptors (Lipinski definition) is 5. The quantitative estimate of drug-likeness (QED) is 0.763. The summed E-state index contributed by atoms with van der Waals surface area (Å²) in [6, 6.07) is 2.78. The summed E-state index contributed by atoms with van der Waals surface area (Å²) in [4.78, 5) is 25.6. The van der Waals surface area contributed by atoms with Crippen LogP contribution in [0.25, 0.3) is 0 Å². The molecule has 0 bridgehead atoms. The van der Waals surface area contributed by atoms with Crippen LogP contribution in [0.1, 0.15) is 58.3 Å². The van der Waals surface area contributed by atoms with E-state index in [9.17, 15) is 14.9 Å². The van der Waals surface area contributed by atoms with Crippen LogP contribution in [0.3, 0.4) is 0 Å². The van der Waals surface area contributed by atoms with E-state index >= 15 is 0 Å². The third-order valence-corrected chi connectivity index (χ3v) is 5.13. The molecule has 0 aromatic heterocycles. The number of amides is 2. The first-order valence-corrected chi connectivity index (χ1v) is 9.46. The molecule has 2 rings (SSSR count). The van der Waals surface area contributed by atoms with Crippen molar-refractivity contribution in [3.63, 3.8) is 0 Å². The van der Waals surface area contributed by atoms with E-state index in [0.717, 1.165) is 0 Å². The highest BCUT2D eigenvalue weighted by atomic mass is 16.6. The predicted octanol–water partition coefficient (Wildman–Crippen LogP) is 1.93. The zero-order valence-electron chi connectivity index (χ0n) is 15.2. The molecule has 140 valence electrons. The molecule has 1 aliphatic heterocycles. The molecule has 0 radical (unpaired) electrons. The van der Waals surface area contributed by atoms with E-state index in [2.05, 4.69) is 16.7 Å². The predicted molar refractivity (Wildman–Crippen MR) is 93.8 cm³/mol. The molecule has 25 heavy (non-hydrogen) atoms. The fourth-order valence-corrected chi connectivity index (χ4v) is 3.58. The topological polar surface area (TPSA) is 94.5 Å². The summed E-state index contributed by atoms with van der Waals surface area (Å²) < 4.78 is 4.98. The van der Waals surface area contributed by atoms with Crippen molar-refractivity contribution in [3.8, 4) is 6.07 Å². The fraction of sp³-hybridized carbons (Fsp3) is 0.833. The SMILES string of the molecule is CCOC(=O)N1CCC(C#N)(NC(=O)CCNC2CCCCC2)CC1. The largest absolute Gasteiger partial charge is 0.450 e. The third-order valence-electron chi connectivity index (χ3n) is 5.13. The molecule has 0 aromatic carbocycles. The monoisotopic (exact) mass is 350 g/mol. The van der Waals surface area contributed by atoms with Crippen LogP contribution in [0.4, 0.5) is 4.79 Å². The van der Waals surface area contributed by atoms with Gasteiger partial charge >= 0.3 is 6.09 Å². The maximum absolute atomic E-state index is 12.2. The average molecular weight is 350 g/mol. The fourth-order valence-electron chi connectivity index (χ4n) is 3.58. The van der Waals surface area contributed by atoms with Crippen LogP contribution in [0, 0.1) is 11.3 Å². The number of ether oxygens (including phenoxy) is 1. The minimum Gasteiger partial charge on any atom is -0.450 e. The highest BCUT2D eigenvalue weighted by molar-refractivity contribution is 5.77. The van der Waals surface area contributed by atoms with Gasteiger partial charge in [-0.3, -0.25) is 4.79 Å². The van der Waals surface area contributed by atoms with Gasteiger partial charge in [0, 0.05) is 44.9 Å². The molecule has 0 spiro atoms. The van der Waals surface area contributed by atoms with Gasteiger partial charge in [0.15, 0.2) is 0 Å². The highest BCUT2D eigenvalue weighted by Gasteiger charge is 2.37. The van der Waals surface area contributed by atoms with Gasteiger partial charge in [-0.1, -0.05) is 19.3 Å². The number of nitrogens with one attached hydrogen (secondary N) is 2. The van der Waals surface area contributed by atoms with Gasteiger partial charge in [-0.15, -0.1) is 0 Å². The van der Waals surface area contributed by atoms with Crippen LogP contribution in [-0.2, 0) is 9.53 Å². The minimum atomic E-state index is -0.870. The van der Waals surface area contributed by atoms with Gasteiger partial charge in [0.25, 0.3) is 0 Å². The van der Waals surface area contributed by atoms with Crippen molar-refractivity contribution in [2.75, 3.05) is 26.2 Å². The van der Waals surface area contributed by atoms with Crippen LogP contribution in [0.2, 0.25) is 0 Å². The second kappa shape index (κ2) is 9.62. The molecule has 7 heteroatoms. The standard InChI is InChI=1S/C18H30N4O3/c1-2-25-17(24)22-12-9-18(14-19,10-13-22)21-16(23)8-11-20-15-6-4-3-5-7-15/h15,20H,2-13H2,1H3,(H,21,23). The van der Waals surface area contributed by atoms with Crippen LogP contribution < -0.4 is 10.6 Å². The molecule has 2 aliphatic rings. The molecule has 0 aromatic rings. The zero-order chi connectivity index (χ0) is 18.1. The van der Waals surface area contributed by atoms with Crippen molar-refractivity contribution in [1.29, 1.82) is 5.26 Å². The Labute approximate surface area is 150 Å². The molecule has 1 aliphatic carbocycles. The first-order valence-electron chi connectivity index (χ1n) is 9.46. The summed E-state index contributed by atoms with van der Waals surface area (Å²) in [5.41, 5.74) is -0.870. The molecule has 0 unspecified atom stereocenters. The molecule has 2 amide bonds. The molecule has 0 atom stereocenters. The number of likely N-dealkylation sites (tertiary alicyclic amines) is 1. The van der Waals surface area contributed by atoms with Crippen molar-refractivity contribution in [2.45, 2.75) is 69.9 Å². The van der Waals surface area contributed by atoms with Crippen molar-refractivity contribution in [1.82, 2.24) is 15.5 Å². The van der Waals surface area contributed by atoms with Crippen molar-refractivity contribution in [3.05, 3.63) is 0 Å². The summed E-state index contributed by atoms with van der Waals surface area (Å²) >= 11 is 0. The van der Waals surface area contributed by atoms with E-state index < -0.39 is 5.54 Å². The minimum absolute atomic E-state index is 0.102. The van der Waals surface area contributed by atoms with Crippen LogP contribution >= 0.6 is 0 Å². The highest BCUT2D eigenvalue weighted by Crippen LogP contribution is 2.22. The Morgan fingerprint density at radius 1 is 1.24 bits per heavy atom. The van der Waals surface area contributed by atoms with Gasteiger partial charge in [-0.25, -0.2) is 4.79 Å². The summed E-state index contributed by atoms with van der Waals surface area (Å²) in [6.07, 6.45) is 7.11. The Balaban J connectivity index is 1.72. The van der Waals surface area contributed by atoms with Crippen LogP contribution in [0.5, 0.6) is 0 Å². The number of carbonyl (C=O) groups is 2. The Hall–Kier alpha value is -1.81. The molecule has 2 N–H and O–H groups in total. The van der Waals surface area contributed by atoms with E-state index in [1.807, 2.05) is 0 Å².